The van der Waals surface area contributed by atoms with Gasteiger partial charge in [-0.1, -0.05) is 12.1 Å². The molecule has 2 heterocycles. The van der Waals surface area contributed by atoms with Crippen molar-refractivity contribution in [3.8, 4) is 0 Å². The number of amides is 1. The van der Waals surface area contributed by atoms with Crippen molar-refractivity contribution in [1.82, 2.24) is 14.5 Å². The largest absolute Gasteiger partial charge is 0.324 e. The highest BCUT2D eigenvalue weighted by Gasteiger charge is 2.26. The molecule has 1 aromatic carbocycles. The van der Waals surface area contributed by atoms with Gasteiger partial charge in [0.2, 0.25) is 5.91 Å². The first kappa shape index (κ1) is 21.7. The van der Waals surface area contributed by atoms with Crippen molar-refractivity contribution >= 4 is 33.1 Å². The smallest absolute Gasteiger partial charge is 0.263 e. The number of nitrogens with zero attached hydrogens (tertiary/aromatic N) is 3. The number of carbonyl (C=O) groups excluding carboxylic acids is 1. The van der Waals surface area contributed by atoms with Crippen LogP contribution in [0.1, 0.15) is 53.2 Å². The van der Waals surface area contributed by atoms with Crippen molar-refractivity contribution in [2.24, 2.45) is 0 Å². The van der Waals surface area contributed by atoms with Gasteiger partial charge in [-0.25, -0.2) is 4.98 Å². The Morgan fingerprint density at radius 1 is 1.26 bits per heavy atom. The third kappa shape index (κ3) is 4.04. The van der Waals surface area contributed by atoms with E-state index in [0.29, 0.717) is 17.8 Å². The zero-order valence-electron chi connectivity index (χ0n) is 18.9. The molecule has 0 saturated carbocycles. The van der Waals surface area contributed by atoms with Crippen LogP contribution in [0, 0.1) is 13.8 Å². The summed E-state index contributed by atoms with van der Waals surface area (Å²) >= 11 is 1.65. The van der Waals surface area contributed by atoms with Gasteiger partial charge in [-0.2, -0.15) is 0 Å². The lowest BCUT2D eigenvalue weighted by atomic mass is 9.97. The Balaban J connectivity index is 1.80. The summed E-state index contributed by atoms with van der Waals surface area (Å²) in [5.41, 5.74) is 3.98. The molecule has 4 rings (SSSR count). The van der Waals surface area contributed by atoms with Crippen molar-refractivity contribution in [2.75, 3.05) is 19.4 Å². The molecular weight excluding hydrogens is 408 g/mol. The first-order chi connectivity index (χ1) is 14.8. The van der Waals surface area contributed by atoms with Gasteiger partial charge in [-0.15, -0.1) is 11.3 Å². The van der Waals surface area contributed by atoms with Gasteiger partial charge in [0.1, 0.15) is 16.7 Å². The average molecular weight is 439 g/mol. The number of nitrogens with one attached hydrogen (secondary N) is 1. The Morgan fingerprint density at radius 3 is 2.74 bits per heavy atom. The minimum absolute atomic E-state index is 0.0927. The highest BCUT2D eigenvalue weighted by atomic mass is 32.1. The van der Waals surface area contributed by atoms with Crippen LogP contribution in [0.5, 0.6) is 0 Å². The van der Waals surface area contributed by atoms with Crippen molar-refractivity contribution in [3.05, 3.63) is 55.9 Å². The minimum Gasteiger partial charge on any atom is -0.324 e. The Morgan fingerprint density at radius 2 is 2.00 bits per heavy atom. The molecule has 1 atom stereocenters. The topological polar surface area (TPSA) is 67.2 Å². The molecule has 1 N–H and O–H groups in total. The third-order valence-electron chi connectivity index (χ3n) is 6.18. The van der Waals surface area contributed by atoms with E-state index in [1.165, 1.54) is 4.88 Å². The maximum Gasteiger partial charge on any atom is 0.263 e. The zero-order valence-corrected chi connectivity index (χ0v) is 19.7. The summed E-state index contributed by atoms with van der Waals surface area (Å²) in [6.45, 7) is 6.29. The molecule has 3 aromatic rings. The highest BCUT2D eigenvalue weighted by Crippen LogP contribution is 2.34. The number of fused-ring (bicyclic) bond motifs is 3. The second kappa shape index (κ2) is 8.55. The van der Waals surface area contributed by atoms with Crippen LogP contribution in [0.2, 0.25) is 0 Å². The summed E-state index contributed by atoms with van der Waals surface area (Å²) in [5.74, 6) is 0.422. The highest BCUT2D eigenvalue weighted by molar-refractivity contribution is 7.18. The number of thiophene rings is 1. The number of anilines is 1. The summed E-state index contributed by atoms with van der Waals surface area (Å²) in [5, 5.41) is 3.74. The number of hydrogen-bond acceptors (Lipinski definition) is 5. The molecule has 0 saturated heterocycles. The Labute approximate surface area is 186 Å². The molecule has 1 aliphatic carbocycles. The maximum atomic E-state index is 13.7. The van der Waals surface area contributed by atoms with Gasteiger partial charge >= 0.3 is 0 Å². The molecule has 1 unspecified atom stereocenters. The molecule has 0 fully saturated rings. The van der Waals surface area contributed by atoms with Crippen molar-refractivity contribution in [3.63, 3.8) is 0 Å². The zero-order chi connectivity index (χ0) is 22.3. The van der Waals surface area contributed by atoms with Crippen LogP contribution in [0.25, 0.3) is 10.2 Å². The number of carbonyl (C=O) groups is 1. The molecule has 2 aromatic heterocycles. The minimum atomic E-state index is -0.668. The van der Waals surface area contributed by atoms with Crippen LogP contribution in [0.15, 0.2) is 23.0 Å². The average Bonchev–Trinajstić information content (AvgIpc) is 3.09. The summed E-state index contributed by atoms with van der Waals surface area (Å²) in [6.07, 6.45) is 4.19. The summed E-state index contributed by atoms with van der Waals surface area (Å²) < 4.78 is 1.60. The lowest BCUT2D eigenvalue weighted by Gasteiger charge is -2.21. The van der Waals surface area contributed by atoms with Gasteiger partial charge < -0.3 is 10.2 Å². The van der Waals surface area contributed by atoms with E-state index in [4.69, 9.17) is 4.98 Å². The normalized spacial score (nSPS) is 14.6. The van der Waals surface area contributed by atoms with Crippen molar-refractivity contribution in [1.29, 1.82) is 0 Å². The molecule has 6 nitrogen and oxygen atoms in total. The van der Waals surface area contributed by atoms with Gasteiger partial charge in [0.15, 0.2) is 0 Å². The number of rotatable bonds is 5. The molecule has 164 valence electrons. The summed E-state index contributed by atoms with van der Waals surface area (Å²) in [4.78, 5) is 35.9. The molecule has 1 amide bonds. The molecule has 1 aliphatic rings. The molecule has 0 bridgehead atoms. The number of hydrogen-bond donors (Lipinski definition) is 1. The lowest BCUT2D eigenvalue weighted by Crippen LogP contribution is -2.36. The SMILES string of the molecule is Cc1cccc(NC(=O)C(C)n2c(CN(C)C)nc3sc4c(c3c2=O)CCCC4)c1C. The molecule has 0 radical (unpaired) electrons. The van der Waals surface area contributed by atoms with E-state index in [2.05, 4.69) is 5.32 Å². The molecule has 31 heavy (non-hydrogen) atoms. The van der Waals surface area contributed by atoms with Gasteiger partial charge in [0.05, 0.1) is 11.9 Å². The predicted octanol–water partition coefficient (Wildman–Crippen LogP) is 4.21. The monoisotopic (exact) mass is 438 g/mol. The van der Waals surface area contributed by atoms with Gasteiger partial charge in [-0.3, -0.25) is 14.2 Å². The molecule has 0 spiro atoms. The second-order valence-corrected chi connectivity index (χ2v) is 9.83. The van der Waals surface area contributed by atoms with E-state index in [-0.39, 0.29) is 11.5 Å². The van der Waals surface area contributed by atoms with Crippen LogP contribution in [-0.2, 0) is 24.2 Å². The van der Waals surface area contributed by atoms with E-state index in [0.717, 1.165) is 52.9 Å². The Bertz CT molecular complexity index is 1210. The first-order valence-electron chi connectivity index (χ1n) is 10.9. The second-order valence-electron chi connectivity index (χ2n) is 8.74. The Kier molecular flexibility index (Phi) is 5.99. The quantitative estimate of drug-likeness (QED) is 0.648. The fourth-order valence-electron chi connectivity index (χ4n) is 4.29. The van der Waals surface area contributed by atoms with Gasteiger partial charge in [0.25, 0.3) is 5.56 Å². The number of aromatic nitrogens is 2. The van der Waals surface area contributed by atoms with E-state index in [9.17, 15) is 9.59 Å². The van der Waals surface area contributed by atoms with Crippen LogP contribution >= 0.6 is 11.3 Å². The maximum absolute atomic E-state index is 13.7. The van der Waals surface area contributed by atoms with Crippen LogP contribution in [0.3, 0.4) is 0 Å². The van der Waals surface area contributed by atoms with Crippen LogP contribution in [0.4, 0.5) is 5.69 Å². The van der Waals surface area contributed by atoms with Gasteiger partial charge in [-0.05, 0) is 83.3 Å². The van der Waals surface area contributed by atoms with Crippen LogP contribution in [-0.4, -0.2) is 34.5 Å². The molecule has 0 aliphatic heterocycles. The van der Waals surface area contributed by atoms with E-state index in [1.807, 2.05) is 51.0 Å². The number of aryl methyl sites for hydroxylation is 3. The fraction of sp³-hybridized carbons (Fsp3) is 0.458. The number of benzene rings is 1. The van der Waals surface area contributed by atoms with Crippen molar-refractivity contribution in [2.45, 2.75) is 59.0 Å². The summed E-state index contributed by atoms with van der Waals surface area (Å²) in [7, 11) is 3.89. The van der Waals surface area contributed by atoms with E-state index < -0.39 is 6.04 Å². The molecule has 7 heteroatoms. The van der Waals surface area contributed by atoms with Crippen LogP contribution < -0.4 is 10.9 Å². The van der Waals surface area contributed by atoms with E-state index >= 15 is 0 Å². The Hall–Kier alpha value is -2.51. The lowest BCUT2D eigenvalue weighted by molar-refractivity contribution is -0.119. The third-order valence-corrected chi connectivity index (χ3v) is 7.37. The first-order valence-corrected chi connectivity index (χ1v) is 11.7. The molecular formula is C24H30N4O2S. The van der Waals surface area contributed by atoms with Crippen molar-refractivity contribution < 1.29 is 4.79 Å². The predicted molar refractivity (Wildman–Crippen MR) is 127 cm³/mol. The summed E-state index contributed by atoms with van der Waals surface area (Å²) in [6, 6.07) is 5.18. The van der Waals surface area contributed by atoms with Gasteiger partial charge in [0, 0.05) is 10.6 Å². The fourth-order valence-corrected chi connectivity index (χ4v) is 5.56. The standard InChI is InChI=1S/C24H30N4O2S/c1-14-9-8-11-18(15(14)2)25-22(29)16(3)28-20(13-27(4)5)26-23-21(24(28)30)17-10-6-7-12-19(17)31-23/h8-9,11,16H,6-7,10,12-13H2,1-5H3,(H,25,29). The van der Waals surface area contributed by atoms with E-state index in [1.54, 1.807) is 22.8 Å².